The second kappa shape index (κ2) is 8.26. The summed E-state index contributed by atoms with van der Waals surface area (Å²) in [4.78, 5) is 4.04. The summed E-state index contributed by atoms with van der Waals surface area (Å²) in [6.07, 6.45) is 2.58. The lowest BCUT2D eigenvalue weighted by molar-refractivity contribution is 0.108. The molecule has 0 radical (unpaired) electrons. The summed E-state index contributed by atoms with van der Waals surface area (Å²) < 4.78 is 24.4. The third kappa shape index (κ3) is 5.02. The molecule has 0 saturated heterocycles. The Morgan fingerprint density at radius 2 is 1.72 bits per heavy atom. The van der Waals surface area contributed by atoms with E-state index in [1.54, 1.807) is 48.8 Å². The first-order chi connectivity index (χ1) is 12.2. The van der Waals surface area contributed by atoms with E-state index >= 15 is 0 Å². The lowest BCUT2D eigenvalue weighted by atomic mass is 10.1. The summed E-state index contributed by atoms with van der Waals surface area (Å²) in [6.45, 7) is 0.478. The van der Waals surface area contributed by atoms with Gasteiger partial charge >= 0.3 is 0 Å². The Kier molecular flexibility index (Phi) is 5.59. The Hall–Kier alpha value is -2.92. The predicted octanol–water partition coefficient (Wildman–Crippen LogP) is 3.91. The summed E-state index contributed by atoms with van der Waals surface area (Å²) in [7, 11) is 0. The summed E-state index contributed by atoms with van der Waals surface area (Å²) in [5, 5.41) is 10.0. The van der Waals surface area contributed by atoms with Gasteiger partial charge in [-0.3, -0.25) is 4.98 Å². The molecule has 1 N–H and O–H groups in total. The van der Waals surface area contributed by atoms with Crippen LogP contribution in [0.15, 0.2) is 73.1 Å². The zero-order valence-corrected chi connectivity index (χ0v) is 13.5. The fourth-order valence-corrected chi connectivity index (χ4v) is 2.27. The number of nitrogens with zero attached hydrogens (tertiary/aromatic N) is 1. The van der Waals surface area contributed by atoms with Gasteiger partial charge < -0.3 is 14.6 Å². The van der Waals surface area contributed by atoms with E-state index in [0.29, 0.717) is 23.7 Å². The van der Waals surface area contributed by atoms with Crippen molar-refractivity contribution in [2.75, 3.05) is 6.61 Å². The second-order valence-electron chi connectivity index (χ2n) is 5.50. The molecule has 3 aromatic rings. The first kappa shape index (κ1) is 16.9. The van der Waals surface area contributed by atoms with Crippen LogP contribution < -0.4 is 9.47 Å². The molecule has 1 heterocycles. The molecule has 0 bridgehead atoms. The smallest absolute Gasteiger partial charge is 0.123 e. The lowest BCUT2D eigenvalue weighted by Gasteiger charge is -2.13. The quantitative estimate of drug-likeness (QED) is 0.709. The highest BCUT2D eigenvalue weighted by Gasteiger charge is 2.09. The van der Waals surface area contributed by atoms with E-state index in [0.717, 1.165) is 5.56 Å². The van der Waals surface area contributed by atoms with E-state index in [2.05, 4.69) is 4.98 Å². The highest BCUT2D eigenvalue weighted by molar-refractivity contribution is 5.31. The molecule has 0 amide bonds. The van der Waals surface area contributed by atoms with Crippen LogP contribution in [0.1, 0.15) is 17.2 Å². The van der Waals surface area contributed by atoms with E-state index in [9.17, 15) is 9.50 Å². The van der Waals surface area contributed by atoms with Gasteiger partial charge in [0.1, 0.15) is 36.6 Å². The van der Waals surface area contributed by atoms with Gasteiger partial charge in [-0.25, -0.2) is 4.39 Å². The maximum absolute atomic E-state index is 13.2. The van der Waals surface area contributed by atoms with Crippen molar-refractivity contribution in [1.29, 1.82) is 0 Å². The highest BCUT2D eigenvalue weighted by Crippen LogP contribution is 2.21. The minimum atomic E-state index is -0.891. The topological polar surface area (TPSA) is 51.6 Å². The summed E-state index contributed by atoms with van der Waals surface area (Å²) in [5.41, 5.74) is 1.47. The summed E-state index contributed by atoms with van der Waals surface area (Å²) >= 11 is 0. The molecule has 1 atom stereocenters. The minimum Gasteiger partial charge on any atom is -0.491 e. The van der Waals surface area contributed by atoms with Crippen LogP contribution in [0.5, 0.6) is 11.5 Å². The molecule has 5 heteroatoms. The van der Waals surface area contributed by atoms with E-state index in [-0.39, 0.29) is 12.4 Å². The highest BCUT2D eigenvalue weighted by atomic mass is 19.1. The Bertz CT molecular complexity index is 794. The van der Waals surface area contributed by atoms with Gasteiger partial charge in [-0.05, 0) is 48.0 Å². The molecule has 2 aromatic carbocycles. The maximum Gasteiger partial charge on any atom is 0.123 e. The predicted molar refractivity (Wildman–Crippen MR) is 91.9 cm³/mol. The molecule has 0 fully saturated rings. The third-order valence-electron chi connectivity index (χ3n) is 3.59. The van der Waals surface area contributed by atoms with Crippen molar-refractivity contribution in [3.63, 3.8) is 0 Å². The van der Waals surface area contributed by atoms with Crippen LogP contribution >= 0.6 is 0 Å². The number of halogens is 1. The number of aliphatic hydroxyl groups excluding tert-OH is 1. The van der Waals surface area contributed by atoms with Gasteiger partial charge in [-0.15, -0.1) is 0 Å². The van der Waals surface area contributed by atoms with Crippen LogP contribution in [0.2, 0.25) is 0 Å². The van der Waals surface area contributed by atoms with Gasteiger partial charge in [0.2, 0.25) is 0 Å². The first-order valence-corrected chi connectivity index (χ1v) is 7.89. The van der Waals surface area contributed by atoms with Crippen LogP contribution in [0.4, 0.5) is 4.39 Å². The van der Waals surface area contributed by atoms with Crippen LogP contribution in [0, 0.1) is 5.82 Å². The van der Waals surface area contributed by atoms with E-state index < -0.39 is 6.10 Å². The lowest BCUT2D eigenvalue weighted by Crippen LogP contribution is -2.09. The summed E-state index contributed by atoms with van der Waals surface area (Å²) in [6, 6.07) is 16.8. The molecule has 0 spiro atoms. The zero-order chi connectivity index (χ0) is 17.5. The van der Waals surface area contributed by atoms with E-state index in [4.69, 9.17) is 9.47 Å². The molecular weight excluding hydrogens is 321 g/mol. The molecule has 0 aliphatic carbocycles. The first-order valence-electron chi connectivity index (χ1n) is 7.89. The van der Waals surface area contributed by atoms with Crippen molar-refractivity contribution in [2.24, 2.45) is 0 Å². The van der Waals surface area contributed by atoms with Crippen molar-refractivity contribution >= 4 is 0 Å². The molecule has 1 unspecified atom stereocenters. The molecule has 1 aromatic heterocycles. The largest absolute Gasteiger partial charge is 0.491 e. The van der Waals surface area contributed by atoms with Gasteiger partial charge in [0, 0.05) is 18.0 Å². The second-order valence-corrected chi connectivity index (χ2v) is 5.50. The van der Waals surface area contributed by atoms with Crippen LogP contribution in [0.3, 0.4) is 0 Å². The van der Waals surface area contributed by atoms with Crippen LogP contribution in [0.25, 0.3) is 0 Å². The van der Waals surface area contributed by atoms with Gasteiger partial charge in [0.05, 0.1) is 0 Å². The molecule has 128 valence electrons. The number of aromatic nitrogens is 1. The molecule has 25 heavy (non-hydrogen) atoms. The molecule has 0 aliphatic rings. The Morgan fingerprint density at radius 1 is 0.960 bits per heavy atom. The molecule has 3 rings (SSSR count). The Labute approximate surface area is 145 Å². The number of benzene rings is 2. The average Bonchev–Trinajstić information content (AvgIpc) is 2.66. The zero-order valence-electron chi connectivity index (χ0n) is 13.5. The minimum absolute atomic E-state index is 0.0410. The number of hydrogen-bond acceptors (Lipinski definition) is 4. The number of rotatable bonds is 7. The van der Waals surface area contributed by atoms with Crippen molar-refractivity contribution in [2.45, 2.75) is 12.7 Å². The summed E-state index contributed by atoms with van der Waals surface area (Å²) in [5.74, 6) is 0.928. The normalized spacial score (nSPS) is 11.8. The third-order valence-corrected chi connectivity index (χ3v) is 3.59. The van der Waals surface area contributed by atoms with Gasteiger partial charge in [-0.1, -0.05) is 18.2 Å². The standard InChI is InChI=1S/C20H18FNO3/c21-17-5-1-4-16(11-17)20(23)14-25-19-8-6-18(7-9-19)24-13-15-3-2-10-22-12-15/h1-12,20,23H,13-14H2. The number of hydrogen-bond donors (Lipinski definition) is 1. The van der Waals surface area contributed by atoms with E-state index in [1.807, 2.05) is 12.1 Å². The Balaban J connectivity index is 1.50. The number of ether oxygens (including phenoxy) is 2. The molecular formula is C20H18FNO3. The van der Waals surface area contributed by atoms with E-state index in [1.165, 1.54) is 12.1 Å². The molecule has 0 saturated carbocycles. The number of aliphatic hydroxyl groups is 1. The average molecular weight is 339 g/mol. The van der Waals surface area contributed by atoms with Crippen molar-refractivity contribution in [1.82, 2.24) is 4.98 Å². The van der Waals surface area contributed by atoms with Crippen LogP contribution in [-0.4, -0.2) is 16.7 Å². The Morgan fingerprint density at radius 3 is 2.40 bits per heavy atom. The van der Waals surface area contributed by atoms with Crippen LogP contribution in [-0.2, 0) is 6.61 Å². The van der Waals surface area contributed by atoms with Gasteiger partial charge in [0.25, 0.3) is 0 Å². The van der Waals surface area contributed by atoms with Crippen molar-refractivity contribution in [3.05, 3.63) is 90.0 Å². The van der Waals surface area contributed by atoms with Gasteiger partial charge in [-0.2, -0.15) is 0 Å². The fourth-order valence-electron chi connectivity index (χ4n) is 2.27. The van der Waals surface area contributed by atoms with Gasteiger partial charge in [0.15, 0.2) is 0 Å². The molecule has 0 aliphatic heterocycles. The van der Waals surface area contributed by atoms with Crippen molar-refractivity contribution < 1.29 is 19.0 Å². The number of pyridine rings is 1. The fraction of sp³-hybridized carbons (Fsp3) is 0.150. The van der Waals surface area contributed by atoms with Crippen molar-refractivity contribution in [3.8, 4) is 11.5 Å². The molecule has 4 nitrogen and oxygen atoms in total. The SMILES string of the molecule is OC(COc1ccc(OCc2cccnc2)cc1)c1cccc(F)c1. The monoisotopic (exact) mass is 339 g/mol. The maximum atomic E-state index is 13.2.